The van der Waals surface area contributed by atoms with Crippen molar-refractivity contribution < 1.29 is 9.13 Å². The van der Waals surface area contributed by atoms with Gasteiger partial charge in [0.1, 0.15) is 5.82 Å². The van der Waals surface area contributed by atoms with Crippen molar-refractivity contribution in [2.75, 3.05) is 23.0 Å². The van der Waals surface area contributed by atoms with E-state index in [0.29, 0.717) is 59.0 Å². The number of aromatic nitrogens is 2. The van der Waals surface area contributed by atoms with Gasteiger partial charge in [-0.05, 0) is 18.6 Å². The van der Waals surface area contributed by atoms with Gasteiger partial charge < -0.3 is 0 Å². The molecule has 6 nitrogen and oxygen atoms in total. The Labute approximate surface area is 200 Å². The summed E-state index contributed by atoms with van der Waals surface area (Å²) in [5.41, 5.74) is 10.5. The van der Waals surface area contributed by atoms with Crippen LogP contribution in [0.1, 0.15) is 18.4 Å². The molecule has 0 amide bonds. The fourth-order valence-electron chi connectivity index (χ4n) is 3.45. The Morgan fingerprint density at radius 1 is 1.09 bits per heavy atom. The van der Waals surface area contributed by atoms with Gasteiger partial charge >= 0.3 is 171 Å². The van der Waals surface area contributed by atoms with Crippen molar-refractivity contribution >= 4 is 60.2 Å². The summed E-state index contributed by atoms with van der Waals surface area (Å²) >= 11 is 0. The van der Waals surface area contributed by atoms with Crippen molar-refractivity contribution in [3.05, 3.63) is 72.3 Å². The van der Waals surface area contributed by atoms with E-state index < -0.39 is 0 Å². The molecule has 4 rings (SSSR count). The molecule has 167 valence electrons. The molecule has 0 aliphatic rings. The second kappa shape index (κ2) is 10.4. The Kier molecular flexibility index (Phi) is 7.11. The van der Waals surface area contributed by atoms with Gasteiger partial charge in [0.2, 0.25) is 0 Å². The normalized spacial score (nSPS) is 10.7. The first-order chi connectivity index (χ1) is 16.4. The monoisotopic (exact) mass is 450 g/mol. The molecule has 0 bridgehead atoms. The van der Waals surface area contributed by atoms with E-state index in [1.807, 2.05) is 18.2 Å². The van der Waals surface area contributed by atoms with Crippen molar-refractivity contribution in [1.82, 2.24) is 9.97 Å². The van der Waals surface area contributed by atoms with E-state index in [1.54, 1.807) is 37.3 Å². The molecule has 0 aliphatic carbocycles. The molecule has 0 atom stereocenters. The van der Waals surface area contributed by atoms with Crippen LogP contribution in [0.15, 0.2) is 60.9 Å². The molecular formula is C25H23B2FN5O. The first-order valence-electron chi connectivity index (χ1n) is 10.8. The first kappa shape index (κ1) is 23.3. The molecule has 34 heavy (non-hydrogen) atoms. The van der Waals surface area contributed by atoms with E-state index in [0.717, 1.165) is 16.6 Å². The minimum absolute atomic E-state index is 0.252. The summed E-state index contributed by atoms with van der Waals surface area (Å²) in [5.74, 6) is 1.05. The number of benzene rings is 3. The molecule has 3 radical (unpaired) electrons. The third-order valence-corrected chi connectivity index (χ3v) is 5.26. The predicted molar refractivity (Wildman–Crippen MR) is 139 cm³/mol. The Bertz CT molecular complexity index is 1350. The van der Waals surface area contributed by atoms with Gasteiger partial charge in [-0.1, -0.05) is 0 Å². The molecule has 0 saturated heterocycles. The molecule has 0 unspecified atom stereocenters. The Morgan fingerprint density at radius 2 is 1.94 bits per heavy atom. The van der Waals surface area contributed by atoms with E-state index in [2.05, 4.69) is 20.6 Å². The number of hydrogen-bond donors (Lipinski definition) is 3. The van der Waals surface area contributed by atoms with Crippen LogP contribution in [0.25, 0.3) is 10.9 Å². The Hall–Kier alpha value is -3.87. The molecule has 4 N–H and O–H groups in total. The van der Waals surface area contributed by atoms with Gasteiger partial charge in [0.15, 0.2) is 0 Å². The fraction of sp³-hybridized carbons (Fsp3) is 0.160. The van der Waals surface area contributed by atoms with E-state index in [1.165, 1.54) is 12.4 Å². The third-order valence-electron chi connectivity index (χ3n) is 5.26. The van der Waals surface area contributed by atoms with Gasteiger partial charge in [0, 0.05) is 0 Å². The predicted octanol–water partition coefficient (Wildman–Crippen LogP) is 3.77. The summed E-state index contributed by atoms with van der Waals surface area (Å²) < 4.78 is 19.5. The van der Waals surface area contributed by atoms with Crippen LogP contribution in [-0.4, -0.2) is 37.5 Å². The van der Waals surface area contributed by atoms with E-state index in [9.17, 15) is 4.39 Å². The molecule has 1 aromatic heterocycles. The van der Waals surface area contributed by atoms with Crippen molar-refractivity contribution in [3.63, 3.8) is 0 Å². The summed E-state index contributed by atoms with van der Waals surface area (Å²) in [6, 6.07) is 15.7. The molecule has 0 aliphatic heterocycles. The molecular weight excluding hydrogens is 427 g/mol. The third kappa shape index (κ3) is 5.73. The number of nitrogen functional groups attached to an aromatic ring is 1. The summed E-state index contributed by atoms with van der Waals surface area (Å²) in [6.45, 7) is 2.18. The number of nitrogens with one attached hydrogen (secondary N) is 2. The van der Waals surface area contributed by atoms with Gasteiger partial charge in [0.05, 0.1) is 0 Å². The summed E-state index contributed by atoms with van der Waals surface area (Å²) in [7, 11) is 11.9. The fourth-order valence-corrected chi connectivity index (χ4v) is 3.45. The number of fused-ring (bicyclic) bond motifs is 1. The van der Waals surface area contributed by atoms with Gasteiger partial charge in [-0.2, -0.15) is 0 Å². The standard InChI is InChI=1S/C25H23B2FN5O/c1-15-11-17(5-7-20(15)28)32-25-19-13-18(6-9-22(19)30-14-31-25)34-10-2-3-24(27)33-23-12-16(26)4-8-21(23)29/h4-9,11-14,33H,2-3,10,29H2,1H3,(H,30,31,32). The SMILES string of the molecule is [B]c1ccc(N)c(NC(=[B])CCCOc2ccc3ncnc(Nc4ccc(F)c(C)c4)c3c2)c1. The van der Waals surface area contributed by atoms with Crippen LogP contribution >= 0.6 is 0 Å². The zero-order valence-electron chi connectivity index (χ0n) is 18.8. The maximum absolute atomic E-state index is 13.6. The van der Waals surface area contributed by atoms with Crippen LogP contribution in [0.5, 0.6) is 5.75 Å². The van der Waals surface area contributed by atoms with Crippen molar-refractivity contribution in [2.45, 2.75) is 19.8 Å². The van der Waals surface area contributed by atoms with Gasteiger partial charge in [-0.3, -0.25) is 0 Å². The average molecular weight is 450 g/mol. The summed E-state index contributed by atoms with van der Waals surface area (Å²) in [4.78, 5) is 8.66. The van der Waals surface area contributed by atoms with Gasteiger partial charge in [-0.25, -0.2) is 4.39 Å². The number of nitrogens with zero attached hydrogens (tertiary/aromatic N) is 2. The number of anilines is 4. The zero-order chi connectivity index (χ0) is 24.1. The van der Waals surface area contributed by atoms with E-state index in [-0.39, 0.29) is 5.82 Å². The van der Waals surface area contributed by atoms with Crippen molar-refractivity contribution in [2.24, 2.45) is 0 Å². The molecule has 1 heterocycles. The number of halogens is 1. The minimum atomic E-state index is -0.252. The average Bonchev–Trinajstić information content (AvgIpc) is 2.82. The summed E-state index contributed by atoms with van der Waals surface area (Å²) in [5, 5.41) is 7.13. The number of ether oxygens (including phenoxy) is 1. The molecule has 9 heteroatoms. The van der Waals surface area contributed by atoms with Crippen LogP contribution in [0, 0.1) is 12.7 Å². The van der Waals surface area contributed by atoms with Crippen molar-refractivity contribution in [3.8, 4) is 5.75 Å². The molecule has 0 spiro atoms. The number of rotatable bonds is 9. The molecule has 3 aromatic carbocycles. The van der Waals surface area contributed by atoms with Crippen LogP contribution < -0.4 is 26.6 Å². The van der Waals surface area contributed by atoms with E-state index >= 15 is 0 Å². The van der Waals surface area contributed by atoms with Crippen LogP contribution in [0.3, 0.4) is 0 Å². The maximum atomic E-state index is 13.6. The van der Waals surface area contributed by atoms with Crippen LogP contribution in [0.4, 0.5) is 27.3 Å². The van der Waals surface area contributed by atoms with Gasteiger partial charge in [-0.15, -0.1) is 0 Å². The molecule has 0 fully saturated rings. The second-order valence-corrected chi connectivity index (χ2v) is 7.94. The van der Waals surface area contributed by atoms with Crippen LogP contribution in [-0.2, 0) is 0 Å². The number of aryl methyl sites for hydroxylation is 1. The van der Waals surface area contributed by atoms with Gasteiger partial charge in [0.25, 0.3) is 0 Å². The Morgan fingerprint density at radius 3 is 2.76 bits per heavy atom. The topological polar surface area (TPSA) is 85.1 Å². The number of nitrogens with two attached hydrogens (primary N) is 1. The zero-order valence-corrected chi connectivity index (χ0v) is 18.8. The molecule has 0 saturated carbocycles. The quantitative estimate of drug-likeness (QED) is 0.205. The summed E-state index contributed by atoms with van der Waals surface area (Å²) in [6.07, 6.45) is 2.78. The van der Waals surface area contributed by atoms with Crippen LogP contribution in [0.2, 0.25) is 0 Å². The molecule has 4 aromatic rings. The van der Waals surface area contributed by atoms with E-state index in [4.69, 9.17) is 25.8 Å². The Balaban J connectivity index is 1.37. The first-order valence-corrected chi connectivity index (χ1v) is 10.8. The second-order valence-electron chi connectivity index (χ2n) is 7.94. The van der Waals surface area contributed by atoms with Crippen molar-refractivity contribution in [1.29, 1.82) is 0 Å². The number of hydrogen-bond acceptors (Lipinski definition) is 6.